The van der Waals surface area contributed by atoms with E-state index in [0.717, 1.165) is 0 Å². The number of ether oxygens (including phenoxy) is 1. The molecule has 7 heteroatoms. The predicted octanol–water partition coefficient (Wildman–Crippen LogP) is 1.62. The van der Waals surface area contributed by atoms with Crippen LogP contribution in [0.2, 0.25) is 0 Å². The quantitative estimate of drug-likeness (QED) is 0.688. The third-order valence-electron chi connectivity index (χ3n) is 2.45. The minimum Gasteiger partial charge on any atom is -0.482 e. The van der Waals surface area contributed by atoms with Crippen molar-refractivity contribution < 1.29 is 9.26 Å². The van der Waals surface area contributed by atoms with Crippen molar-refractivity contribution in [3.63, 3.8) is 0 Å². The number of nitrogen functional groups attached to an aromatic ring is 1. The fourth-order valence-electron chi connectivity index (χ4n) is 1.55. The van der Waals surface area contributed by atoms with Gasteiger partial charge in [-0.15, -0.1) is 0 Å². The van der Waals surface area contributed by atoms with Crippen LogP contribution >= 0.6 is 0 Å². The first-order chi connectivity index (χ1) is 9.33. The van der Waals surface area contributed by atoms with Crippen LogP contribution in [-0.4, -0.2) is 20.1 Å². The third kappa shape index (κ3) is 2.39. The largest absolute Gasteiger partial charge is 0.482 e. The Morgan fingerprint density at radius 2 is 2.21 bits per heavy atom. The maximum atomic E-state index is 5.76. The number of aromatic amines is 1. The van der Waals surface area contributed by atoms with E-state index in [-0.39, 0.29) is 6.61 Å². The smallest absolute Gasteiger partial charge is 0.264 e. The second-order valence-corrected chi connectivity index (χ2v) is 3.78. The van der Waals surface area contributed by atoms with Crippen molar-refractivity contribution in [2.24, 2.45) is 0 Å². The van der Waals surface area contributed by atoms with Gasteiger partial charge in [-0.3, -0.25) is 0 Å². The molecular weight excluding hydrogens is 246 g/mol. The number of H-pyrrole nitrogens is 1. The van der Waals surface area contributed by atoms with E-state index < -0.39 is 0 Å². The molecule has 0 spiro atoms. The highest BCUT2D eigenvalue weighted by atomic mass is 16.5. The lowest BCUT2D eigenvalue weighted by atomic mass is 10.3. The Hall–Kier alpha value is -2.83. The minimum absolute atomic E-state index is 0.155. The zero-order chi connectivity index (χ0) is 13.1. The monoisotopic (exact) mass is 257 g/mol. The van der Waals surface area contributed by atoms with Crippen molar-refractivity contribution in [2.45, 2.75) is 6.61 Å². The van der Waals surface area contributed by atoms with Crippen LogP contribution in [0.3, 0.4) is 0 Å². The lowest BCUT2D eigenvalue weighted by Gasteiger charge is -2.05. The highest BCUT2D eigenvalue weighted by Crippen LogP contribution is 2.21. The molecule has 1 aromatic carbocycles. The molecule has 0 bridgehead atoms. The number of nitrogens with one attached hydrogen (secondary N) is 1. The van der Waals surface area contributed by atoms with E-state index in [1.165, 1.54) is 0 Å². The van der Waals surface area contributed by atoms with Gasteiger partial charge in [0.15, 0.2) is 12.4 Å². The summed E-state index contributed by atoms with van der Waals surface area (Å²) in [6.07, 6.45) is 3.30. The Labute approximate surface area is 108 Å². The lowest BCUT2D eigenvalue weighted by Crippen LogP contribution is -1.98. The predicted molar refractivity (Wildman–Crippen MR) is 67.1 cm³/mol. The van der Waals surface area contributed by atoms with Crippen molar-refractivity contribution in [2.75, 3.05) is 5.73 Å². The van der Waals surface area contributed by atoms with Crippen LogP contribution in [-0.2, 0) is 6.61 Å². The number of imidazole rings is 1. The number of benzene rings is 1. The molecule has 0 aliphatic carbocycles. The summed E-state index contributed by atoms with van der Waals surface area (Å²) in [6, 6.07) is 7.22. The fourth-order valence-corrected chi connectivity index (χ4v) is 1.55. The van der Waals surface area contributed by atoms with E-state index in [0.29, 0.717) is 29.0 Å². The fraction of sp³-hybridized carbons (Fsp3) is 0.0833. The molecule has 0 saturated carbocycles. The van der Waals surface area contributed by atoms with Crippen LogP contribution < -0.4 is 10.5 Å². The second-order valence-electron chi connectivity index (χ2n) is 3.78. The van der Waals surface area contributed by atoms with Crippen LogP contribution in [0.15, 0.2) is 41.2 Å². The molecule has 0 radical (unpaired) electrons. The number of para-hydroxylation sites is 2. The number of hydrogen-bond acceptors (Lipinski definition) is 6. The molecule has 0 aliphatic rings. The first-order valence-corrected chi connectivity index (χ1v) is 5.62. The van der Waals surface area contributed by atoms with Gasteiger partial charge in [0.05, 0.1) is 5.69 Å². The molecule has 7 nitrogen and oxygen atoms in total. The molecule has 3 aromatic rings. The van der Waals surface area contributed by atoms with Crippen LogP contribution in [0.1, 0.15) is 5.89 Å². The molecule has 3 rings (SSSR count). The van der Waals surface area contributed by atoms with Crippen molar-refractivity contribution in [1.82, 2.24) is 20.1 Å². The molecule has 3 N–H and O–H groups in total. The Morgan fingerprint density at radius 1 is 1.32 bits per heavy atom. The summed E-state index contributed by atoms with van der Waals surface area (Å²) in [7, 11) is 0. The molecule has 0 fully saturated rings. The zero-order valence-corrected chi connectivity index (χ0v) is 9.91. The number of rotatable bonds is 4. The molecule has 2 aromatic heterocycles. The maximum absolute atomic E-state index is 5.76. The van der Waals surface area contributed by atoms with Crippen LogP contribution in [0.25, 0.3) is 11.6 Å². The van der Waals surface area contributed by atoms with Crippen LogP contribution in [0.5, 0.6) is 5.75 Å². The number of nitrogens with two attached hydrogens (primary N) is 1. The minimum atomic E-state index is 0.155. The van der Waals surface area contributed by atoms with Crippen molar-refractivity contribution in [3.8, 4) is 17.4 Å². The molecule has 0 aliphatic heterocycles. The van der Waals surface area contributed by atoms with Crippen molar-refractivity contribution in [1.29, 1.82) is 0 Å². The summed E-state index contributed by atoms with van der Waals surface area (Å²) in [4.78, 5) is 11.1. The average Bonchev–Trinajstić information content (AvgIpc) is 3.09. The van der Waals surface area contributed by atoms with E-state index in [1.54, 1.807) is 24.5 Å². The van der Waals surface area contributed by atoms with E-state index in [9.17, 15) is 0 Å². The first-order valence-electron chi connectivity index (χ1n) is 5.62. The Balaban J connectivity index is 1.70. The molecule has 19 heavy (non-hydrogen) atoms. The SMILES string of the molecule is Nc1ccccc1OCc1nc(-c2ncc[nH]2)no1. The molecule has 2 heterocycles. The highest BCUT2D eigenvalue weighted by Gasteiger charge is 2.11. The van der Waals surface area contributed by atoms with Gasteiger partial charge in [0.2, 0.25) is 5.82 Å². The average molecular weight is 257 g/mol. The maximum Gasteiger partial charge on any atom is 0.264 e. The van der Waals surface area contributed by atoms with Gasteiger partial charge in [0, 0.05) is 12.4 Å². The van der Waals surface area contributed by atoms with Crippen molar-refractivity contribution in [3.05, 3.63) is 42.5 Å². The summed E-state index contributed by atoms with van der Waals surface area (Å²) < 4.78 is 10.6. The summed E-state index contributed by atoms with van der Waals surface area (Å²) in [5.74, 6) is 1.88. The van der Waals surface area contributed by atoms with Crippen molar-refractivity contribution >= 4 is 5.69 Å². The van der Waals surface area contributed by atoms with E-state index >= 15 is 0 Å². The molecule has 96 valence electrons. The number of hydrogen-bond donors (Lipinski definition) is 2. The first kappa shape index (κ1) is 11.3. The normalized spacial score (nSPS) is 10.5. The number of aromatic nitrogens is 4. The molecular formula is C12H11N5O2. The van der Waals surface area contributed by atoms with E-state index in [1.807, 2.05) is 12.1 Å². The topological polar surface area (TPSA) is 103 Å². The van der Waals surface area contributed by atoms with E-state index in [2.05, 4.69) is 20.1 Å². The van der Waals surface area contributed by atoms with Crippen LogP contribution in [0, 0.1) is 0 Å². The van der Waals surface area contributed by atoms with Gasteiger partial charge in [0.25, 0.3) is 5.89 Å². The Bertz CT molecular complexity index is 662. The van der Waals surface area contributed by atoms with Gasteiger partial charge in [0.1, 0.15) is 5.75 Å². The van der Waals surface area contributed by atoms with Gasteiger partial charge < -0.3 is 20.0 Å². The standard InChI is InChI=1S/C12H11N5O2/c13-8-3-1-2-4-9(8)18-7-10-16-12(17-19-10)11-14-5-6-15-11/h1-6H,7,13H2,(H,14,15). The van der Waals surface area contributed by atoms with Gasteiger partial charge in [-0.25, -0.2) is 4.98 Å². The number of anilines is 1. The van der Waals surface area contributed by atoms with Gasteiger partial charge in [-0.2, -0.15) is 4.98 Å². The summed E-state index contributed by atoms with van der Waals surface area (Å²) in [6.45, 7) is 0.155. The van der Waals surface area contributed by atoms with Crippen LogP contribution in [0.4, 0.5) is 5.69 Å². The van der Waals surface area contributed by atoms with Gasteiger partial charge >= 0.3 is 0 Å². The molecule has 0 unspecified atom stereocenters. The summed E-state index contributed by atoms with van der Waals surface area (Å²) >= 11 is 0. The molecule has 0 atom stereocenters. The zero-order valence-electron chi connectivity index (χ0n) is 9.91. The molecule has 0 saturated heterocycles. The second kappa shape index (κ2) is 4.81. The van der Waals surface area contributed by atoms with Gasteiger partial charge in [-0.05, 0) is 12.1 Å². The lowest BCUT2D eigenvalue weighted by molar-refractivity contribution is 0.244. The van der Waals surface area contributed by atoms with E-state index in [4.69, 9.17) is 15.0 Å². The Kier molecular flexibility index (Phi) is 2.85. The molecule has 0 amide bonds. The third-order valence-corrected chi connectivity index (χ3v) is 2.45. The Morgan fingerprint density at radius 3 is 3.00 bits per heavy atom. The summed E-state index contributed by atoms with van der Waals surface area (Å²) in [5, 5.41) is 3.80. The summed E-state index contributed by atoms with van der Waals surface area (Å²) in [5.41, 5.74) is 6.32. The highest BCUT2D eigenvalue weighted by molar-refractivity contribution is 5.51. The number of nitrogens with zero attached hydrogens (tertiary/aromatic N) is 3. The van der Waals surface area contributed by atoms with Gasteiger partial charge in [-0.1, -0.05) is 17.3 Å².